The number of carboxylic acid groups (broad SMARTS) is 1. The lowest BCUT2D eigenvalue weighted by atomic mass is 10.2. The predicted molar refractivity (Wildman–Crippen MR) is 76.1 cm³/mol. The third-order valence-corrected chi connectivity index (χ3v) is 2.79. The van der Waals surface area contributed by atoms with E-state index in [4.69, 9.17) is 21.4 Å². The van der Waals surface area contributed by atoms with E-state index in [-0.39, 0.29) is 18.9 Å². The van der Waals surface area contributed by atoms with Crippen molar-refractivity contribution >= 4 is 23.5 Å². The zero-order valence-corrected chi connectivity index (χ0v) is 11.9. The summed E-state index contributed by atoms with van der Waals surface area (Å²) in [6.07, 6.45) is 2.34. The lowest BCUT2D eigenvalue weighted by molar-refractivity contribution is -0.137. The van der Waals surface area contributed by atoms with Crippen LogP contribution in [0.25, 0.3) is 0 Å². The van der Waals surface area contributed by atoms with E-state index in [0.717, 1.165) is 12.8 Å². The Labute approximate surface area is 122 Å². The second-order valence-electron chi connectivity index (χ2n) is 4.30. The second kappa shape index (κ2) is 9.20. The first-order valence-corrected chi connectivity index (χ1v) is 6.82. The van der Waals surface area contributed by atoms with Gasteiger partial charge in [-0.2, -0.15) is 0 Å². The predicted octanol–water partition coefficient (Wildman–Crippen LogP) is 2.48. The van der Waals surface area contributed by atoms with E-state index in [1.165, 1.54) is 0 Å². The molecule has 1 aromatic carbocycles. The summed E-state index contributed by atoms with van der Waals surface area (Å²) in [6.45, 7) is 0.465. The van der Waals surface area contributed by atoms with E-state index in [1.54, 1.807) is 24.3 Å². The van der Waals surface area contributed by atoms with Crippen LogP contribution in [0.1, 0.15) is 25.7 Å². The Balaban J connectivity index is 2.07. The topological polar surface area (TPSA) is 75.6 Å². The number of carbonyl (C=O) groups is 2. The summed E-state index contributed by atoms with van der Waals surface area (Å²) in [7, 11) is 0. The highest BCUT2D eigenvalue weighted by atomic mass is 35.5. The molecule has 6 heteroatoms. The quantitative estimate of drug-likeness (QED) is 0.687. The fourth-order valence-corrected chi connectivity index (χ4v) is 1.74. The first kappa shape index (κ1) is 16.3. The van der Waals surface area contributed by atoms with E-state index in [9.17, 15) is 9.59 Å². The summed E-state index contributed by atoms with van der Waals surface area (Å²) in [5.74, 6) is -0.443. The molecule has 0 saturated carbocycles. The highest BCUT2D eigenvalue weighted by Gasteiger charge is 2.03. The number of hydrogen-bond donors (Lipinski definition) is 2. The van der Waals surface area contributed by atoms with E-state index in [2.05, 4.69) is 5.32 Å². The molecule has 1 amide bonds. The smallest absolute Gasteiger partial charge is 0.303 e. The Morgan fingerprint density at radius 3 is 2.75 bits per heavy atom. The van der Waals surface area contributed by atoms with Gasteiger partial charge in [0.1, 0.15) is 5.75 Å². The highest BCUT2D eigenvalue weighted by Crippen LogP contribution is 2.16. The molecule has 5 nitrogen and oxygen atoms in total. The van der Waals surface area contributed by atoms with E-state index in [0.29, 0.717) is 23.7 Å². The molecular weight excluding hydrogens is 282 g/mol. The molecule has 0 unspecified atom stereocenters. The van der Waals surface area contributed by atoms with Crippen molar-refractivity contribution in [2.45, 2.75) is 25.7 Å². The monoisotopic (exact) mass is 299 g/mol. The number of amides is 1. The van der Waals surface area contributed by atoms with Crippen molar-refractivity contribution < 1.29 is 19.4 Å². The minimum atomic E-state index is -0.788. The van der Waals surface area contributed by atoms with Crippen molar-refractivity contribution in [2.75, 3.05) is 13.2 Å². The van der Waals surface area contributed by atoms with Crippen LogP contribution in [0, 0.1) is 0 Å². The summed E-state index contributed by atoms with van der Waals surface area (Å²) in [4.78, 5) is 21.8. The Morgan fingerprint density at radius 2 is 2.05 bits per heavy atom. The van der Waals surface area contributed by atoms with E-state index < -0.39 is 5.97 Å². The lowest BCUT2D eigenvalue weighted by Crippen LogP contribution is -2.29. The number of unbranched alkanes of at least 4 members (excludes halogenated alkanes) is 2. The highest BCUT2D eigenvalue weighted by molar-refractivity contribution is 6.30. The number of halogens is 1. The lowest BCUT2D eigenvalue weighted by Gasteiger charge is -2.07. The first-order valence-electron chi connectivity index (χ1n) is 6.45. The van der Waals surface area contributed by atoms with Crippen LogP contribution in [-0.4, -0.2) is 30.1 Å². The molecular formula is C14H18ClNO4. The van der Waals surface area contributed by atoms with Gasteiger partial charge in [0.15, 0.2) is 6.61 Å². The zero-order chi connectivity index (χ0) is 14.8. The summed E-state index contributed by atoms with van der Waals surface area (Å²) in [5.41, 5.74) is 0. The summed E-state index contributed by atoms with van der Waals surface area (Å²) in [5, 5.41) is 11.7. The molecule has 0 fully saturated rings. The molecule has 0 spiro atoms. The Hall–Kier alpha value is -1.75. The Bertz CT molecular complexity index is 451. The SMILES string of the molecule is O=C(O)CCCCCNC(=O)COc1cccc(Cl)c1. The van der Waals surface area contributed by atoms with Gasteiger partial charge in [-0.25, -0.2) is 0 Å². The minimum absolute atomic E-state index is 0.0601. The van der Waals surface area contributed by atoms with Gasteiger partial charge in [0.05, 0.1) is 0 Å². The van der Waals surface area contributed by atoms with Gasteiger partial charge in [-0.1, -0.05) is 24.1 Å². The third kappa shape index (κ3) is 7.63. The fraction of sp³-hybridized carbons (Fsp3) is 0.429. The number of aliphatic carboxylic acids is 1. The Morgan fingerprint density at radius 1 is 1.25 bits per heavy atom. The Kier molecular flexibility index (Phi) is 7.50. The van der Waals surface area contributed by atoms with Gasteiger partial charge in [-0.3, -0.25) is 9.59 Å². The fourth-order valence-electron chi connectivity index (χ4n) is 1.56. The first-order chi connectivity index (χ1) is 9.58. The molecule has 0 aromatic heterocycles. The molecule has 0 radical (unpaired) electrons. The maximum absolute atomic E-state index is 11.5. The number of nitrogens with one attached hydrogen (secondary N) is 1. The summed E-state index contributed by atoms with van der Waals surface area (Å²) >= 11 is 5.79. The van der Waals surface area contributed by atoms with Gasteiger partial charge in [0, 0.05) is 18.0 Å². The average Bonchev–Trinajstić information content (AvgIpc) is 2.40. The van der Waals surface area contributed by atoms with Gasteiger partial charge in [-0.15, -0.1) is 0 Å². The van der Waals surface area contributed by atoms with Crippen LogP contribution in [0.3, 0.4) is 0 Å². The summed E-state index contributed by atoms with van der Waals surface area (Å²) in [6, 6.07) is 6.84. The molecule has 1 rings (SSSR count). The zero-order valence-electron chi connectivity index (χ0n) is 11.1. The molecule has 110 valence electrons. The number of carboxylic acids is 1. The van der Waals surface area contributed by atoms with Crippen LogP contribution < -0.4 is 10.1 Å². The van der Waals surface area contributed by atoms with Crippen molar-refractivity contribution in [3.63, 3.8) is 0 Å². The maximum atomic E-state index is 11.5. The van der Waals surface area contributed by atoms with Gasteiger partial charge in [-0.05, 0) is 31.0 Å². The average molecular weight is 300 g/mol. The molecule has 2 N–H and O–H groups in total. The van der Waals surface area contributed by atoms with E-state index >= 15 is 0 Å². The molecule has 0 saturated heterocycles. The number of carbonyl (C=O) groups excluding carboxylic acids is 1. The van der Waals surface area contributed by atoms with Crippen LogP contribution >= 0.6 is 11.6 Å². The number of ether oxygens (including phenoxy) is 1. The van der Waals surface area contributed by atoms with Crippen LogP contribution in [0.15, 0.2) is 24.3 Å². The van der Waals surface area contributed by atoms with Gasteiger partial charge in [0.25, 0.3) is 5.91 Å². The second-order valence-corrected chi connectivity index (χ2v) is 4.74. The van der Waals surface area contributed by atoms with Crippen molar-refractivity contribution in [1.29, 1.82) is 0 Å². The maximum Gasteiger partial charge on any atom is 0.303 e. The van der Waals surface area contributed by atoms with Gasteiger partial charge < -0.3 is 15.2 Å². The van der Waals surface area contributed by atoms with Crippen molar-refractivity contribution in [3.05, 3.63) is 29.3 Å². The van der Waals surface area contributed by atoms with Crippen molar-refractivity contribution in [2.24, 2.45) is 0 Å². The molecule has 20 heavy (non-hydrogen) atoms. The molecule has 0 heterocycles. The molecule has 0 aliphatic carbocycles. The molecule has 0 aliphatic rings. The van der Waals surface area contributed by atoms with Crippen molar-refractivity contribution in [3.8, 4) is 5.75 Å². The van der Waals surface area contributed by atoms with Crippen LogP contribution in [0.4, 0.5) is 0 Å². The number of hydrogen-bond acceptors (Lipinski definition) is 3. The minimum Gasteiger partial charge on any atom is -0.484 e. The number of benzene rings is 1. The van der Waals surface area contributed by atoms with Gasteiger partial charge >= 0.3 is 5.97 Å². The van der Waals surface area contributed by atoms with E-state index in [1.807, 2.05) is 0 Å². The molecule has 0 aliphatic heterocycles. The van der Waals surface area contributed by atoms with Crippen LogP contribution in [0.2, 0.25) is 5.02 Å². The molecule has 0 atom stereocenters. The molecule has 0 bridgehead atoms. The summed E-state index contributed by atoms with van der Waals surface area (Å²) < 4.78 is 5.28. The standard InChI is InChI=1S/C14H18ClNO4/c15-11-5-4-6-12(9-11)20-10-13(17)16-8-3-1-2-7-14(18)19/h4-6,9H,1-3,7-8,10H2,(H,16,17)(H,18,19). The number of rotatable bonds is 9. The largest absolute Gasteiger partial charge is 0.484 e. The van der Waals surface area contributed by atoms with Gasteiger partial charge in [0.2, 0.25) is 0 Å². The van der Waals surface area contributed by atoms with Crippen molar-refractivity contribution in [1.82, 2.24) is 5.32 Å². The van der Waals surface area contributed by atoms with Crippen LogP contribution in [0.5, 0.6) is 5.75 Å². The normalized spacial score (nSPS) is 10.1. The van der Waals surface area contributed by atoms with Crippen LogP contribution in [-0.2, 0) is 9.59 Å². The third-order valence-electron chi connectivity index (χ3n) is 2.56. The molecule has 1 aromatic rings.